The molecule has 0 aliphatic rings. The van der Waals surface area contributed by atoms with Gasteiger partial charge in [0.1, 0.15) is 9.84 Å². The van der Waals surface area contributed by atoms with Crippen molar-refractivity contribution in [2.45, 2.75) is 32.7 Å². The van der Waals surface area contributed by atoms with E-state index in [1.807, 2.05) is 12.3 Å². The van der Waals surface area contributed by atoms with Gasteiger partial charge in [0.25, 0.3) is 0 Å². The van der Waals surface area contributed by atoms with Crippen LogP contribution in [0.4, 0.5) is 0 Å². The molecule has 1 unspecified atom stereocenters. The highest BCUT2D eigenvalue weighted by Gasteiger charge is 2.15. The third kappa shape index (κ3) is 5.10. The Morgan fingerprint density at radius 1 is 1.47 bits per heavy atom. The lowest BCUT2D eigenvalue weighted by atomic mass is 10.1. The topological polar surface area (TPSA) is 72.0 Å². The average molecular weight is 277 g/mol. The van der Waals surface area contributed by atoms with Crippen molar-refractivity contribution in [3.8, 4) is 0 Å². The Labute approximate surface area is 107 Å². The lowest BCUT2D eigenvalue weighted by Gasteiger charge is -2.14. The Morgan fingerprint density at radius 2 is 2.24 bits per heavy atom. The molecule has 0 aliphatic carbocycles. The minimum atomic E-state index is -2.86. The molecule has 1 atom stereocenters. The fourth-order valence-electron chi connectivity index (χ4n) is 1.58. The molecule has 1 rings (SSSR count). The second-order valence-electron chi connectivity index (χ2n) is 3.82. The summed E-state index contributed by atoms with van der Waals surface area (Å²) in [7, 11) is -2.86. The van der Waals surface area contributed by atoms with E-state index in [-0.39, 0.29) is 17.5 Å². The molecule has 1 N–H and O–H groups in total. The van der Waals surface area contributed by atoms with Gasteiger partial charge in [-0.2, -0.15) is 0 Å². The fraction of sp³-hybridized carbons (Fsp3) is 0.800. The highest BCUT2D eigenvalue weighted by atomic mass is 32.2. The summed E-state index contributed by atoms with van der Waals surface area (Å²) in [6.07, 6.45) is 1.43. The van der Waals surface area contributed by atoms with Crippen molar-refractivity contribution in [3.63, 3.8) is 0 Å². The van der Waals surface area contributed by atoms with Gasteiger partial charge in [0.2, 0.25) is 0 Å². The number of rotatable bonds is 8. The number of hydrogen-bond acceptors (Lipinski definition) is 6. The molecule has 1 heterocycles. The number of aromatic nitrogens is 2. The second kappa shape index (κ2) is 7.03. The molecular weight excluding hydrogens is 258 g/mol. The van der Waals surface area contributed by atoms with Gasteiger partial charge >= 0.3 is 0 Å². The summed E-state index contributed by atoms with van der Waals surface area (Å²) >= 11 is 1.32. The van der Waals surface area contributed by atoms with Crippen LogP contribution < -0.4 is 5.32 Å². The minimum Gasteiger partial charge on any atom is -0.309 e. The highest BCUT2D eigenvalue weighted by molar-refractivity contribution is 7.91. The smallest absolute Gasteiger partial charge is 0.150 e. The van der Waals surface area contributed by atoms with Crippen LogP contribution in [0.1, 0.15) is 38.4 Å². The van der Waals surface area contributed by atoms with Gasteiger partial charge in [0.15, 0.2) is 0 Å². The zero-order valence-corrected chi connectivity index (χ0v) is 11.9. The molecular formula is C10H19N3O2S2. The number of nitrogens with zero attached hydrogens (tertiary/aromatic N) is 2. The Balaban J connectivity index is 2.46. The maximum atomic E-state index is 11.4. The quantitative estimate of drug-likeness (QED) is 0.777. The summed E-state index contributed by atoms with van der Waals surface area (Å²) < 4.78 is 26.6. The first-order chi connectivity index (χ1) is 8.09. The van der Waals surface area contributed by atoms with E-state index in [0.29, 0.717) is 6.42 Å². The predicted octanol–water partition coefficient (Wildman–Crippen LogP) is 1.40. The monoisotopic (exact) mass is 277 g/mol. The number of nitrogens with one attached hydrogen (secondary N) is 1. The van der Waals surface area contributed by atoms with E-state index in [4.69, 9.17) is 0 Å². The maximum Gasteiger partial charge on any atom is 0.150 e. The van der Waals surface area contributed by atoms with Crippen LogP contribution >= 0.6 is 11.5 Å². The minimum absolute atomic E-state index is 0.116. The Kier molecular flexibility index (Phi) is 6.01. The van der Waals surface area contributed by atoms with E-state index in [9.17, 15) is 8.42 Å². The van der Waals surface area contributed by atoms with E-state index in [0.717, 1.165) is 18.7 Å². The van der Waals surface area contributed by atoms with Gasteiger partial charge in [-0.3, -0.25) is 0 Å². The van der Waals surface area contributed by atoms with Crippen LogP contribution in [-0.2, 0) is 9.84 Å². The first-order valence-electron chi connectivity index (χ1n) is 5.79. The first-order valence-corrected chi connectivity index (χ1v) is 8.45. The zero-order valence-electron chi connectivity index (χ0n) is 10.2. The molecule has 0 aromatic carbocycles. The third-order valence-electron chi connectivity index (χ3n) is 2.57. The Hall–Kier alpha value is -0.530. The van der Waals surface area contributed by atoms with Gasteiger partial charge in [0, 0.05) is 11.1 Å². The van der Waals surface area contributed by atoms with E-state index in [1.165, 1.54) is 11.5 Å². The molecule has 0 radical (unpaired) electrons. The molecule has 0 bridgehead atoms. The lowest BCUT2D eigenvalue weighted by molar-refractivity contribution is 0.495. The average Bonchev–Trinajstić information content (AvgIpc) is 2.81. The summed E-state index contributed by atoms with van der Waals surface area (Å²) in [4.78, 5) is 0. The van der Waals surface area contributed by atoms with Crippen LogP contribution in [0.5, 0.6) is 0 Å². The first kappa shape index (κ1) is 14.5. The van der Waals surface area contributed by atoms with Crippen LogP contribution in [0.15, 0.2) is 5.38 Å². The Bertz CT molecular complexity index is 403. The van der Waals surface area contributed by atoms with Crippen molar-refractivity contribution in [2.75, 3.05) is 18.1 Å². The Morgan fingerprint density at radius 3 is 2.76 bits per heavy atom. The second-order valence-corrected chi connectivity index (χ2v) is 6.90. The standard InChI is InChI=1S/C10H19N3O2S2/c1-3-11-9(10-8-16-13-12-10)6-5-7-17(14,15)4-2/h8-9,11H,3-7H2,1-2H3. The summed E-state index contributed by atoms with van der Waals surface area (Å²) in [5.74, 6) is 0.472. The molecule has 5 nitrogen and oxygen atoms in total. The van der Waals surface area contributed by atoms with E-state index in [2.05, 4.69) is 14.9 Å². The van der Waals surface area contributed by atoms with Gasteiger partial charge in [0.05, 0.1) is 17.5 Å². The van der Waals surface area contributed by atoms with Crippen molar-refractivity contribution < 1.29 is 8.42 Å². The van der Waals surface area contributed by atoms with Crippen molar-refractivity contribution in [1.82, 2.24) is 14.9 Å². The van der Waals surface area contributed by atoms with Gasteiger partial charge in [-0.15, -0.1) is 5.10 Å². The van der Waals surface area contributed by atoms with Crippen LogP contribution in [0.3, 0.4) is 0 Å². The van der Waals surface area contributed by atoms with Crippen molar-refractivity contribution in [1.29, 1.82) is 0 Å². The van der Waals surface area contributed by atoms with Gasteiger partial charge in [-0.1, -0.05) is 18.3 Å². The van der Waals surface area contributed by atoms with Gasteiger partial charge in [-0.05, 0) is 30.9 Å². The fourth-order valence-corrected chi connectivity index (χ4v) is 2.98. The SMILES string of the molecule is CCNC(CCCS(=O)(=O)CC)c1csnn1. The summed E-state index contributed by atoms with van der Waals surface area (Å²) in [6, 6.07) is 0.116. The summed E-state index contributed by atoms with van der Waals surface area (Å²) in [5, 5.41) is 9.23. The van der Waals surface area contributed by atoms with Crippen LogP contribution in [0.25, 0.3) is 0 Å². The van der Waals surface area contributed by atoms with Crippen LogP contribution in [-0.4, -0.2) is 36.1 Å². The molecule has 0 saturated heterocycles. The molecule has 98 valence electrons. The summed E-state index contributed by atoms with van der Waals surface area (Å²) in [5.41, 5.74) is 0.908. The van der Waals surface area contributed by atoms with E-state index < -0.39 is 9.84 Å². The number of hydrogen-bond donors (Lipinski definition) is 1. The molecule has 7 heteroatoms. The normalized spacial score (nSPS) is 13.8. The van der Waals surface area contributed by atoms with Crippen molar-refractivity contribution in [3.05, 3.63) is 11.1 Å². The lowest BCUT2D eigenvalue weighted by Crippen LogP contribution is -2.22. The molecule has 0 amide bonds. The molecule has 17 heavy (non-hydrogen) atoms. The molecule has 1 aromatic rings. The van der Waals surface area contributed by atoms with E-state index >= 15 is 0 Å². The van der Waals surface area contributed by atoms with Gasteiger partial charge < -0.3 is 5.32 Å². The molecule has 0 fully saturated rings. The highest BCUT2D eigenvalue weighted by Crippen LogP contribution is 2.17. The molecule has 1 aromatic heterocycles. The largest absolute Gasteiger partial charge is 0.309 e. The van der Waals surface area contributed by atoms with Crippen molar-refractivity contribution >= 4 is 21.4 Å². The van der Waals surface area contributed by atoms with Gasteiger partial charge in [-0.25, -0.2) is 8.42 Å². The molecule has 0 saturated carbocycles. The van der Waals surface area contributed by atoms with E-state index in [1.54, 1.807) is 6.92 Å². The predicted molar refractivity (Wildman–Crippen MR) is 69.9 cm³/mol. The van der Waals surface area contributed by atoms with Crippen LogP contribution in [0, 0.1) is 0 Å². The van der Waals surface area contributed by atoms with Crippen LogP contribution in [0.2, 0.25) is 0 Å². The zero-order chi connectivity index (χ0) is 12.7. The maximum absolute atomic E-state index is 11.4. The molecule has 0 spiro atoms. The third-order valence-corrected chi connectivity index (χ3v) is 4.89. The van der Waals surface area contributed by atoms with Crippen molar-refractivity contribution in [2.24, 2.45) is 0 Å². The molecule has 0 aliphatic heterocycles. The number of sulfone groups is 1. The summed E-state index contributed by atoms with van der Waals surface area (Å²) in [6.45, 7) is 4.54.